The fourth-order valence-electron chi connectivity index (χ4n) is 3.32. The van der Waals surface area contributed by atoms with Crippen LogP contribution in [0.15, 0.2) is 53.9 Å². The molecule has 0 atom stereocenters. The van der Waals surface area contributed by atoms with E-state index in [0.29, 0.717) is 16.6 Å². The summed E-state index contributed by atoms with van der Waals surface area (Å²) in [5.41, 5.74) is 4.47. The Morgan fingerprint density at radius 3 is 2.89 bits per heavy atom. The van der Waals surface area contributed by atoms with Crippen molar-refractivity contribution in [2.75, 3.05) is 24.3 Å². The van der Waals surface area contributed by atoms with Gasteiger partial charge in [0.15, 0.2) is 5.13 Å². The molecule has 4 rings (SSSR count). The van der Waals surface area contributed by atoms with Gasteiger partial charge in [0.1, 0.15) is 5.75 Å². The maximum Gasteiger partial charge on any atom is 0.325 e. The number of benzene rings is 2. The Kier molecular flexibility index (Phi) is 5.55. The molecule has 0 bridgehead atoms. The number of thiazole rings is 1. The molecule has 28 heavy (non-hydrogen) atoms. The van der Waals surface area contributed by atoms with E-state index < -0.39 is 0 Å². The summed E-state index contributed by atoms with van der Waals surface area (Å²) in [6.45, 7) is 2.74. The van der Waals surface area contributed by atoms with E-state index in [2.05, 4.69) is 44.8 Å². The Hall–Kier alpha value is -2.90. The lowest BCUT2D eigenvalue weighted by molar-refractivity contribution is 0.243. The normalized spacial score (nSPS) is 13.6. The highest BCUT2D eigenvalue weighted by Gasteiger charge is 2.17. The van der Waals surface area contributed by atoms with Gasteiger partial charge in [-0.25, -0.2) is 9.78 Å². The van der Waals surface area contributed by atoms with Crippen molar-refractivity contribution in [3.63, 3.8) is 0 Å². The second-order valence-electron chi connectivity index (χ2n) is 6.68. The third-order valence-corrected chi connectivity index (χ3v) is 5.50. The highest BCUT2D eigenvalue weighted by Crippen LogP contribution is 2.23. The average Bonchev–Trinajstić information content (AvgIpc) is 3.14. The standard InChI is InChI=1S/C21H22N4O2S/c1-27-19-8-4-7-17(11-19)22-20(26)24-21-23-18(14-28-21)13-25-10-9-15-5-2-3-6-16(15)12-25/h2-8,11,14H,9-10,12-13H2,1H3,(H2,22,23,24,26). The molecule has 2 heterocycles. The second kappa shape index (κ2) is 8.41. The fourth-order valence-corrected chi connectivity index (χ4v) is 4.01. The van der Waals surface area contributed by atoms with Crippen LogP contribution in [0.2, 0.25) is 0 Å². The van der Waals surface area contributed by atoms with Gasteiger partial charge in [-0.2, -0.15) is 0 Å². The van der Waals surface area contributed by atoms with Crippen LogP contribution in [0.25, 0.3) is 0 Å². The summed E-state index contributed by atoms with van der Waals surface area (Å²) >= 11 is 1.44. The number of hydrogen-bond acceptors (Lipinski definition) is 5. The molecule has 1 aliphatic heterocycles. The molecule has 2 aromatic carbocycles. The molecular formula is C21H22N4O2S. The van der Waals surface area contributed by atoms with Crippen LogP contribution < -0.4 is 15.4 Å². The number of urea groups is 1. The molecule has 6 nitrogen and oxygen atoms in total. The number of aromatic nitrogens is 1. The first-order chi connectivity index (χ1) is 13.7. The summed E-state index contributed by atoms with van der Waals surface area (Å²) in [4.78, 5) is 19.2. The van der Waals surface area contributed by atoms with Crippen molar-refractivity contribution < 1.29 is 9.53 Å². The number of anilines is 2. The number of nitrogens with zero attached hydrogens (tertiary/aromatic N) is 2. The van der Waals surface area contributed by atoms with E-state index in [0.717, 1.165) is 31.7 Å². The molecule has 0 spiro atoms. The Bertz CT molecular complexity index is 972. The molecule has 0 saturated carbocycles. The molecule has 3 aromatic rings. The predicted octanol–water partition coefficient (Wildman–Crippen LogP) is 4.35. The molecule has 2 amide bonds. The van der Waals surface area contributed by atoms with Crippen molar-refractivity contribution >= 4 is 28.2 Å². The second-order valence-corrected chi connectivity index (χ2v) is 7.54. The molecule has 144 valence electrons. The van der Waals surface area contributed by atoms with Crippen LogP contribution in [0, 0.1) is 0 Å². The average molecular weight is 395 g/mol. The first-order valence-electron chi connectivity index (χ1n) is 9.15. The maximum atomic E-state index is 12.2. The van der Waals surface area contributed by atoms with Gasteiger partial charge in [0.05, 0.1) is 12.8 Å². The number of fused-ring (bicyclic) bond motifs is 1. The predicted molar refractivity (Wildman–Crippen MR) is 112 cm³/mol. The van der Waals surface area contributed by atoms with Gasteiger partial charge in [0, 0.05) is 36.8 Å². The number of methoxy groups -OCH3 is 1. The lowest BCUT2D eigenvalue weighted by atomic mass is 10.00. The van der Waals surface area contributed by atoms with Crippen molar-refractivity contribution in [1.29, 1.82) is 0 Å². The molecule has 0 fully saturated rings. The Balaban J connectivity index is 1.32. The molecule has 1 aliphatic rings. The van der Waals surface area contributed by atoms with Gasteiger partial charge in [0.25, 0.3) is 0 Å². The third kappa shape index (κ3) is 4.49. The van der Waals surface area contributed by atoms with E-state index in [-0.39, 0.29) is 6.03 Å². The van der Waals surface area contributed by atoms with Gasteiger partial charge in [-0.1, -0.05) is 30.3 Å². The van der Waals surface area contributed by atoms with Crippen molar-refractivity contribution in [3.8, 4) is 5.75 Å². The first-order valence-corrected chi connectivity index (χ1v) is 10.0. The summed E-state index contributed by atoms with van der Waals surface area (Å²) in [5, 5.41) is 8.18. The summed E-state index contributed by atoms with van der Waals surface area (Å²) < 4.78 is 5.17. The van der Waals surface area contributed by atoms with E-state index in [4.69, 9.17) is 4.74 Å². The summed E-state index contributed by atoms with van der Waals surface area (Å²) in [5.74, 6) is 0.692. The molecule has 1 aromatic heterocycles. The third-order valence-electron chi connectivity index (χ3n) is 4.70. The van der Waals surface area contributed by atoms with Crippen molar-refractivity contribution in [1.82, 2.24) is 9.88 Å². The van der Waals surface area contributed by atoms with E-state index in [9.17, 15) is 4.79 Å². The Labute approximate surface area is 168 Å². The number of ether oxygens (including phenoxy) is 1. The zero-order valence-electron chi connectivity index (χ0n) is 15.6. The van der Waals surface area contributed by atoms with Crippen LogP contribution in [0.3, 0.4) is 0 Å². The Morgan fingerprint density at radius 1 is 1.18 bits per heavy atom. The van der Waals surface area contributed by atoms with E-state index in [1.165, 1.54) is 22.5 Å². The topological polar surface area (TPSA) is 66.5 Å². The number of hydrogen-bond donors (Lipinski definition) is 2. The molecular weight excluding hydrogens is 372 g/mol. The number of rotatable bonds is 5. The minimum Gasteiger partial charge on any atom is -0.497 e. The minimum atomic E-state index is -0.318. The van der Waals surface area contributed by atoms with Crippen LogP contribution in [-0.4, -0.2) is 29.6 Å². The van der Waals surface area contributed by atoms with E-state index >= 15 is 0 Å². The van der Waals surface area contributed by atoms with Crippen LogP contribution in [0.1, 0.15) is 16.8 Å². The molecule has 2 N–H and O–H groups in total. The zero-order chi connectivity index (χ0) is 19.3. The van der Waals surface area contributed by atoms with Crippen molar-refractivity contribution in [2.45, 2.75) is 19.5 Å². The van der Waals surface area contributed by atoms with Crippen molar-refractivity contribution in [3.05, 3.63) is 70.7 Å². The number of nitrogens with one attached hydrogen (secondary N) is 2. The smallest absolute Gasteiger partial charge is 0.325 e. The van der Waals surface area contributed by atoms with Crippen LogP contribution in [0.5, 0.6) is 5.75 Å². The number of carbonyl (C=O) groups excluding carboxylic acids is 1. The summed E-state index contributed by atoms with van der Waals surface area (Å²) in [6.07, 6.45) is 1.06. The minimum absolute atomic E-state index is 0.318. The van der Waals surface area contributed by atoms with Crippen LogP contribution in [-0.2, 0) is 19.5 Å². The van der Waals surface area contributed by atoms with Gasteiger partial charge < -0.3 is 10.1 Å². The highest BCUT2D eigenvalue weighted by atomic mass is 32.1. The van der Waals surface area contributed by atoms with Gasteiger partial charge in [-0.15, -0.1) is 11.3 Å². The molecule has 0 aliphatic carbocycles. The van der Waals surface area contributed by atoms with Gasteiger partial charge >= 0.3 is 6.03 Å². The van der Waals surface area contributed by atoms with Crippen LogP contribution >= 0.6 is 11.3 Å². The van der Waals surface area contributed by atoms with Gasteiger partial charge in [-0.3, -0.25) is 10.2 Å². The molecule has 0 unspecified atom stereocenters. The highest BCUT2D eigenvalue weighted by molar-refractivity contribution is 7.13. The molecule has 0 radical (unpaired) electrons. The zero-order valence-corrected chi connectivity index (χ0v) is 16.5. The van der Waals surface area contributed by atoms with Crippen molar-refractivity contribution in [2.24, 2.45) is 0 Å². The lowest BCUT2D eigenvalue weighted by Gasteiger charge is -2.27. The SMILES string of the molecule is COc1cccc(NC(=O)Nc2nc(CN3CCc4ccccc4C3)cs2)c1. The van der Waals surface area contributed by atoms with E-state index in [1.807, 2.05) is 23.6 Å². The van der Waals surface area contributed by atoms with Crippen LogP contribution in [0.4, 0.5) is 15.6 Å². The van der Waals surface area contributed by atoms with Gasteiger partial charge in [0.2, 0.25) is 0 Å². The monoisotopic (exact) mass is 394 g/mol. The molecule has 0 saturated heterocycles. The lowest BCUT2D eigenvalue weighted by Crippen LogP contribution is -2.30. The van der Waals surface area contributed by atoms with E-state index in [1.54, 1.807) is 13.2 Å². The number of amides is 2. The summed E-state index contributed by atoms with van der Waals surface area (Å²) in [7, 11) is 1.59. The fraction of sp³-hybridized carbons (Fsp3) is 0.238. The summed E-state index contributed by atoms with van der Waals surface area (Å²) in [6, 6.07) is 15.5. The first kappa shape index (κ1) is 18.5. The quantitative estimate of drug-likeness (QED) is 0.675. The largest absolute Gasteiger partial charge is 0.497 e. The molecule has 7 heteroatoms. The number of carbonyl (C=O) groups is 1. The maximum absolute atomic E-state index is 12.2. The van der Waals surface area contributed by atoms with Gasteiger partial charge in [-0.05, 0) is 29.7 Å². The Morgan fingerprint density at radius 2 is 2.04 bits per heavy atom.